The first-order valence-corrected chi connectivity index (χ1v) is 5.34. The molecular weight excluding hydrogens is 200 g/mol. The maximum absolute atomic E-state index is 10.8. The molecule has 1 heterocycles. The Morgan fingerprint density at radius 3 is 2.79 bits per heavy atom. The minimum Gasteiger partial charge on any atom is -0.493 e. The van der Waals surface area contributed by atoms with Gasteiger partial charge in [0.05, 0.1) is 5.76 Å². The van der Waals surface area contributed by atoms with Crippen molar-refractivity contribution in [2.24, 2.45) is 0 Å². The number of hydrogen-bond acceptors (Lipinski definition) is 2. The molecule has 0 atom stereocenters. The largest absolute Gasteiger partial charge is 0.493 e. The van der Waals surface area contributed by atoms with Crippen LogP contribution in [0.1, 0.15) is 32.6 Å². The monoisotopic (exact) mass is 214 g/mol. The number of unbranched alkanes of at least 4 members (excludes halogenated alkanes) is 2. The van der Waals surface area contributed by atoms with Gasteiger partial charge in [0.1, 0.15) is 6.61 Å². The van der Waals surface area contributed by atoms with Gasteiger partial charge in [0.2, 0.25) is 0 Å². The summed E-state index contributed by atoms with van der Waals surface area (Å²) in [6.45, 7) is 2.49. The molecule has 3 heteroatoms. The van der Waals surface area contributed by atoms with E-state index in [9.17, 15) is 4.79 Å². The van der Waals surface area contributed by atoms with Crippen molar-refractivity contribution in [3.63, 3.8) is 0 Å². The molecule has 78 valence electrons. The lowest BCUT2D eigenvalue weighted by Crippen LogP contribution is -2.07. The Labute approximate surface area is 89.6 Å². The van der Waals surface area contributed by atoms with E-state index in [1.807, 2.05) is 6.08 Å². The Balaban J connectivity index is 2.39. The highest BCUT2D eigenvalue weighted by molar-refractivity contribution is 6.67. The Morgan fingerprint density at radius 1 is 1.50 bits per heavy atom. The molecule has 0 radical (unpaired) electrons. The van der Waals surface area contributed by atoms with Crippen molar-refractivity contribution in [3.05, 3.63) is 23.5 Å². The highest BCUT2D eigenvalue weighted by Gasteiger charge is 2.11. The van der Waals surface area contributed by atoms with Gasteiger partial charge >= 0.3 is 0 Å². The summed E-state index contributed by atoms with van der Waals surface area (Å²) in [6, 6.07) is 0. The number of carbonyl (C=O) groups excluding carboxylic acids is 1. The van der Waals surface area contributed by atoms with Gasteiger partial charge in [0.25, 0.3) is 5.24 Å². The van der Waals surface area contributed by atoms with E-state index < -0.39 is 5.24 Å². The third kappa shape index (κ3) is 3.54. The average Bonchev–Trinajstić information content (AvgIpc) is 2.19. The van der Waals surface area contributed by atoms with Gasteiger partial charge in [0.15, 0.2) is 0 Å². The minimum absolute atomic E-state index is 0.320. The summed E-state index contributed by atoms with van der Waals surface area (Å²) in [7, 11) is 0. The Bertz CT molecular complexity index is 266. The molecule has 1 rings (SSSR count). The number of hydrogen-bond donors (Lipinski definition) is 0. The molecule has 14 heavy (non-hydrogen) atoms. The van der Waals surface area contributed by atoms with E-state index in [0.717, 1.165) is 18.6 Å². The molecule has 1 aliphatic rings. The number of rotatable bonds is 5. The molecule has 2 nitrogen and oxygen atoms in total. The molecular formula is C11H15ClO2. The fourth-order valence-electron chi connectivity index (χ4n) is 1.29. The fraction of sp³-hybridized carbons (Fsp3) is 0.545. The van der Waals surface area contributed by atoms with Gasteiger partial charge in [-0.15, -0.1) is 0 Å². The molecule has 0 aliphatic carbocycles. The molecule has 1 aliphatic heterocycles. The maximum atomic E-state index is 10.8. The summed E-state index contributed by atoms with van der Waals surface area (Å²) in [5.41, 5.74) is 0.533. The molecule has 0 saturated heterocycles. The van der Waals surface area contributed by atoms with Gasteiger partial charge in [-0.05, 0) is 30.2 Å². The van der Waals surface area contributed by atoms with Crippen LogP contribution in [0.5, 0.6) is 0 Å². The first-order chi connectivity index (χ1) is 6.74. The lowest BCUT2D eigenvalue weighted by Gasteiger charge is -2.14. The number of ether oxygens (including phenoxy) is 1. The molecule has 0 bridgehead atoms. The molecule has 0 aromatic rings. The van der Waals surface area contributed by atoms with Crippen molar-refractivity contribution in [1.82, 2.24) is 0 Å². The average molecular weight is 215 g/mol. The molecule has 0 N–H and O–H groups in total. The topological polar surface area (TPSA) is 26.3 Å². The zero-order chi connectivity index (χ0) is 10.4. The summed E-state index contributed by atoms with van der Waals surface area (Å²) >= 11 is 5.31. The summed E-state index contributed by atoms with van der Waals surface area (Å²) < 4.78 is 5.39. The lowest BCUT2D eigenvalue weighted by molar-refractivity contribution is -0.109. The molecule has 0 saturated carbocycles. The smallest absolute Gasteiger partial charge is 0.251 e. The van der Waals surface area contributed by atoms with Crippen molar-refractivity contribution in [2.45, 2.75) is 32.6 Å². The van der Waals surface area contributed by atoms with Crippen LogP contribution in [0.4, 0.5) is 0 Å². The van der Waals surface area contributed by atoms with Gasteiger partial charge in [0, 0.05) is 12.0 Å². The van der Waals surface area contributed by atoms with Crippen molar-refractivity contribution in [1.29, 1.82) is 0 Å². The molecule has 0 fully saturated rings. The van der Waals surface area contributed by atoms with Crippen LogP contribution in [0, 0.1) is 0 Å². The molecule has 0 unspecified atom stereocenters. The molecule has 0 aromatic heterocycles. The van der Waals surface area contributed by atoms with E-state index in [1.54, 1.807) is 6.08 Å². The van der Waals surface area contributed by atoms with Gasteiger partial charge in [-0.25, -0.2) is 0 Å². The van der Waals surface area contributed by atoms with E-state index in [4.69, 9.17) is 16.3 Å². The summed E-state index contributed by atoms with van der Waals surface area (Å²) in [5, 5.41) is -0.422. The number of allylic oxidation sites excluding steroid dienone is 3. The van der Waals surface area contributed by atoms with Crippen LogP contribution in [0.2, 0.25) is 0 Å². The van der Waals surface area contributed by atoms with Gasteiger partial charge < -0.3 is 4.74 Å². The summed E-state index contributed by atoms with van der Waals surface area (Å²) in [5.74, 6) is 0.958. The molecule has 0 aromatic carbocycles. The van der Waals surface area contributed by atoms with E-state index in [2.05, 4.69) is 6.92 Å². The van der Waals surface area contributed by atoms with Crippen molar-refractivity contribution in [2.75, 3.05) is 6.61 Å². The third-order valence-corrected chi connectivity index (χ3v) is 2.41. The lowest BCUT2D eigenvalue weighted by atomic mass is 10.1. The van der Waals surface area contributed by atoms with Crippen LogP contribution in [0.3, 0.4) is 0 Å². The minimum atomic E-state index is -0.422. The fourth-order valence-corrected chi connectivity index (χ4v) is 1.40. The van der Waals surface area contributed by atoms with E-state index in [-0.39, 0.29) is 0 Å². The highest BCUT2D eigenvalue weighted by atomic mass is 35.5. The highest BCUT2D eigenvalue weighted by Crippen LogP contribution is 2.17. The first kappa shape index (κ1) is 11.3. The van der Waals surface area contributed by atoms with Crippen LogP contribution in [0.25, 0.3) is 0 Å². The Morgan fingerprint density at radius 2 is 2.29 bits per heavy atom. The van der Waals surface area contributed by atoms with Crippen LogP contribution < -0.4 is 0 Å². The van der Waals surface area contributed by atoms with Gasteiger partial charge in [-0.2, -0.15) is 0 Å². The maximum Gasteiger partial charge on any atom is 0.251 e. The van der Waals surface area contributed by atoms with Crippen LogP contribution in [0.15, 0.2) is 23.5 Å². The van der Waals surface area contributed by atoms with Crippen LogP contribution in [-0.2, 0) is 9.53 Å². The van der Waals surface area contributed by atoms with E-state index in [0.29, 0.717) is 12.2 Å². The predicted octanol–water partition coefficient (Wildman–Crippen LogP) is 3.17. The molecule has 0 amide bonds. The SMILES string of the molecule is CCCCCC1=CC=C(C(=O)Cl)CO1. The van der Waals surface area contributed by atoms with E-state index >= 15 is 0 Å². The standard InChI is InChI=1S/C11H15ClO2/c1-2-3-4-5-10-7-6-9(8-14-10)11(12)13/h6-7H,2-5,8H2,1H3. The van der Waals surface area contributed by atoms with Crippen molar-refractivity contribution < 1.29 is 9.53 Å². The normalized spacial score (nSPS) is 15.6. The second kappa shape index (κ2) is 5.86. The Kier molecular flexibility index (Phi) is 4.74. The number of halogens is 1. The molecule has 0 spiro atoms. The van der Waals surface area contributed by atoms with Crippen LogP contribution >= 0.6 is 11.6 Å². The van der Waals surface area contributed by atoms with E-state index in [1.165, 1.54) is 12.8 Å². The first-order valence-electron chi connectivity index (χ1n) is 4.96. The van der Waals surface area contributed by atoms with Gasteiger partial charge in [-0.3, -0.25) is 4.79 Å². The second-order valence-corrected chi connectivity index (χ2v) is 3.69. The third-order valence-electron chi connectivity index (χ3n) is 2.16. The van der Waals surface area contributed by atoms with Crippen molar-refractivity contribution in [3.8, 4) is 0 Å². The summed E-state index contributed by atoms with van der Waals surface area (Å²) in [6.07, 6.45) is 8.10. The van der Waals surface area contributed by atoms with Crippen molar-refractivity contribution >= 4 is 16.8 Å². The quantitative estimate of drug-likeness (QED) is 0.519. The predicted molar refractivity (Wildman–Crippen MR) is 57.1 cm³/mol. The summed E-state index contributed by atoms with van der Waals surface area (Å²) in [4.78, 5) is 10.8. The zero-order valence-corrected chi connectivity index (χ0v) is 9.14. The second-order valence-electron chi connectivity index (χ2n) is 3.34. The van der Waals surface area contributed by atoms with Crippen LogP contribution in [-0.4, -0.2) is 11.8 Å². The zero-order valence-electron chi connectivity index (χ0n) is 8.38. The number of carbonyl (C=O) groups is 1. The van der Waals surface area contributed by atoms with Gasteiger partial charge in [-0.1, -0.05) is 19.8 Å². The Hall–Kier alpha value is -0.760.